The maximum Gasteiger partial charge on any atom is 0.219 e. The number of hydrogen-bond acceptors (Lipinski definition) is 5. The fraction of sp³-hybridized carbons (Fsp3) is 0.217. The van der Waals surface area contributed by atoms with Gasteiger partial charge in [-0.05, 0) is 35.9 Å². The lowest BCUT2D eigenvalue weighted by Crippen LogP contribution is -2.36. The van der Waals surface area contributed by atoms with Gasteiger partial charge in [0.1, 0.15) is 11.6 Å². The van der Waals surface area contributed by atoms with Crippen LogP contribution in [0.25, 0.3) is 0 Å². The molecule has 0 aliphatic carbocycles. The Labute approximate surface area is 185 Å². The summed E-state index contributed by atoms with van der Waals surface area (Å²) in [6.45, 7) is 0.506. The Balaban J connectivity index is 1.58. The quantitative estimate of drug-likeness (QED) is 0.405. The average molecular weight is 442 g/mol. The fourth-order valence-electron chi connectivity index (χ4n) is 2.86. The minimum Gasteiger partial charge on any atom is -0.493 e. The van der Waals surface area contributed by atoms with Gasteiger partial charge in [0.15, 0.2) is 17.5 Å². The molecule has 7 nitrogen and oxygen atoms in total. The number of hydrogen-bond donors (Lipinski definition) is 2. The molecule has 0 unspecified atom stereocenters. The summed E-state index contributed by atoms with van der Waals surface area (Å²) in [7, 11) is 4.69. The Kier molecular flexibility index (Phi) is 7.80. The molecule has 3 aromatic rings. The molecule has 1 aromatic heterocycles. The van der Waals surface area contributed by atoms with Crippen LogP contribution in [-0.2, 0) is 13.1 Å². The summed E-state index contributed by atoms with van der Waals surface area (Å²) >= 11 is 0. The maximum absolute atomic E-state index is 13.8. The van der Waals surface area contributed by atoms with E-state index in [0.29, 0.717) is 35.6 Å². The van der Waals surface area contributed by atoms with Gasteiger partial charge in [-0.3, -0.25) is 4.99 Å². The maximum atomic E-state index is 13.8. The topological polar surface area (TPSA) is 77.0 Å². The highest BCUT2D eigenvalue weighted by Crippen LogP contribution is 2.39. The summed E-state index contributed by atoms with van der Waals surface area (Å²) < 4.78 is 43.6. The third-order valence-corrected chi connectivity index (χ3v) is 4.52. The van der Waals surface area contributed by atoms with Gasteiger partial charge >= 0.3 is 0 Å². The average Bonchev–Trinajstić information content (AvgIpc) is 2.82. The van der Waals surface area contributed by atoms with Crippen molar-refractivity contribution < 1.29 is 23.0 Å². The Hall–Kier alpha value is -3.88. The molecular formula is C23H24F2N4O3. The zero-order chi connectivity index (χ0) is 22.9. The second kappa shape index (κ2) is 10.9. The molecule has 32 heavy (non-hydrogen) atoms. The number of rotatable bonds is 8. The normalized spacial score (nSPS) is 11.1. The Bertz CT molecular complexity index is 1050. The van der Waals surface area contributed by atoms with E-state index in [-0.39, 0.29) is 12.1 Å². The molecule has 0 bridgehead atoms. The van der Waals surface area contributed by atoms with Gasteiger partial charge in [0, 0.05) is 38.0 Å². The summed E-state index contributed by atoms with van der Waals surface area (Å²) in [5.74, 6) is 1.33. The zero-order valence-corrected chi connectivity index (χ0v) is 18.0. The standard InChI is InChI=1S/C23H24F2N4O3/c1-26-23(29-14-16-11-17(24)8-9-18(16)25)28-13-15-7-10-21(27-12-15)32-22-19(30-2)5-4-6-20(22)31-3/h4-12H,13-14H2,1-3H3,(H2,26,28,29). The van der Waals surface area contributed by atoms with E-state index in [4.69, 9.17) is 14.2 Å². The van der Waals surface area contributed by atoms with Crippen LogP contribution in [-0.4, -0.2) is 32.2 Å². The second-order valence-corrected chi connectivity index (χ2v) is 6.61. The molecule has 0 saturated heterocycles. The minimum absolute atomic E-state index is 0.0923. The van der Waals surface area contributed by atoms with E-state index in [9.17, 15) is 8.78 Å². The third kappa shape index (κ3) is 5.84. The smallest absolute Gasteiger partial charge is 0.219 e. The molecule has 2 N–H and O–H groups in total. The van der Waals surface area contributed by atoms with E-state index in [1.54, 1.807) is 51.7 Å². The van der Waals surface area contributed by atoms with Gasteiger partial charge in [-0.25, -0.2) is 13.8 Å². The zero-order valence-electron chi connectivity index (χ0n) is 18.0. The van der Waals surface area contributed by atoms with Crippen LogP contribution < -0.4 is 24.8 Å². The number of para-hydroxylation sites is 1. The van der Waals surface area contributed by atoms with Crippen LogP contribution in [0.5, 0.6) is 23.1 Å². The van der Waals surface area contributed by atoms with E-state index >= 15 is 0 Å². The van der Waals surface area contributed by atoms with Gasteiger partial charge in [-0.2, -0.15) is 0 Å². The first kappa shape index (κ1) is 22.8. The molecule has 1 heterocycles. The van der Waals surface area contributed by atoms with Crippen LogP contribution in [0.4, 0.5) is 8.78 Å². The van der Waals surface area contributed by atoms with Crippen molar-refractivity contribution in [2.75, 3.05) is 21.3 Å². The molecular weight excluding hydrogens is 418 g/mol. The predicted molar refractivity (Wildman–Crippen MR) is 117 cm³/mol. The highest BCUT2D eigenvalue weighted by atomic mass is 19.1. The van der Waals surface area contributed by atoms with Gasteiger partial charge in [0.2, 0.25) is 11.6 Å². The monoisotopic (exact) mass is 442 g/mol. The summed E-state index contributed by atoms with van der Waals surface area (Å²) in [6.07, 6.45) is 1.66. The van der Waals surface area contributed by atoms with Crippen molar-refractivity contribution in [2.24, 2.45) is 4.99 Å². The number of aliphatic imine (C=N–C) groups is 1. The molecule has 0 aliphatic heterocycles. The molecule has 0 radical (unpaired) electrons. The van der Waals surface area contributed by atoms with Gasteiger partial charge < -0.3 is 24.8 Å². The van der Waals surface area contributed by atoms with E-state index in [1.165, 1.54) is 0 Å². The number of ether oxygens (including phenoxy) is 3. The van der Waals surface area contributed by atoms with Gasteiger partial charge in [-0.15, -0.1) is 0 Å². The van der Waals surface area contributed by atoms with Crippen molar-refractivity contribution in [1.29, 1.82) is 0 Å². The summed E-state index contributed by atoms with van der Waals surface area (Å²) in [5, 5.41) is 6.05. The first-order valence-electron chi connectivity index (χ1n) is 9.76. The van der Waals surface area contributed by atoms with Crippen LogP contribution in [0.2, 0.25) is 0 Å². The number of aromatic nitrogens is 1. The van der Waals surface area contributed by atoms with E-state index in [0.717, 1.165) is 23.8 Å². The molecule has 168 valence electrons. The third-order valence-electron chi connectivity index (χ3n) is 4.52. The van der Waals surface area contributed by atoms with Gasteiger partial charge in [-0.1, -0.05) is 12.1 Å². The van der Waals surface area contributed by atoms with E-state index < -0.39 is 11.6 Å². The highest BCUT2D eigenvalue weighted by Gasteiger charge is 2.13. The number of halogens is 2. The molecule has 0 spiro atoms. The molecule has 9 heteroatoms. The van der Waals surface area contributed by atoms with Crippen molar-refractivity contribution in [2.45, 2.75) is 13.1 Å². The molecule has 3 rings (SSSR count). The largest absolute Gasteiger partial charge is 0.493 e. The molecule has 0 fully saturated rings. The minimum atomic E-state index is -0.495. The van der Waals surface area contributed by atoms with Crippen LogP contribution >= 0.6 is 0 Å². The molecule has 0 amide bonds. The summed E-state index contributed by atoms with van der Waals surface area (Å²) in [5.41, 5.74) is 1.08. The number of nitrogens with zero attached hydrogens (tertiary/aromatic N) is 2. The van der Waals surface area contributed by atoms with Crippen LogP contribution in [0, 0.1) is 11.6 Å². The Morgan fingerprint density at radius 3 is 2.31 bits per heavy atom. The van der Waals surface area contributed by atoms with Crippen LogP contribution in [0.3, 0.4) is 0 Å². The SMILES string of the molecule is CN=C(NCc1ccc(Oc2c(OC)cccc2OC)nc1)NCc1cc(F)ccc1F. The number of pyridine rings is 1. The number of benzene rings is 2. The lowest BCUT2D eigenvalue weighted by atomic mass is 10.2. The Morgan fingerprint density at radius 2 is 1.69 bits per heavy atom. The van der Waals surface area contributed by atoms with Crippen molar-refractivity contribution in [3.8, 4) is 23.1 Å². The van der Waals surface area contributed by atoms with Gasteiger partial charge in [0.25, 0.3) is 0 Å². The van der Waals surface area contributed by atoms with Gasteiger partial charge in [0.05, 0.1) is 14.2 Å². The van der Waals surface area contributed by atoms with Crippen molar-refractivity contribution in [3.05, 3.63) is 77.5 Å². The molecule has 0 saturated carbocycles. The summed E-state index contributed by atoms with van der Waals surface area (Å²) in [4.78, 5) is 8.41. The molecule has 0 atom stereocenters. The van der Waals surface area contributed by atoms with Crippen molar-refractivity contribution >= 4 is 5.96 Å². The number of guanidine groups is 1. The highest BCUT2D eigenvalue weighted by molar-refractivity contribution is 5.79. The number of nitrogens with one attached hydrogen (secondary N) is 2. The second-order valence-electron chi connectivity index (χ2n) is 6.61. The van der Waals surface area contributed by atoms with Crippen LogP contribution in [0.1, 0.15) is 11.1 Å². The first-order chi connectivity index (χ1) is 15.5. The summed E-state index contributed by atoms with van der Waals surface area (Å²) in [6, 6.07) is 12.2. The fourth-order valence-corrected chi connectivity index (χ4v) is 2.86. The van der Waals surface area contributed by atoms with Crippen LogP contribution in [0.15, 0.2) is 59.7 Å². The Morgan fingerprint density at radius 1 is 0.969 bits per heavy atom. The first-order valence-corrected chi connectivity index (χ1v) is 9.76. The van der Waals surface area contributed by atoms with E-state index in [2.05, 4.69) is 20.6 Å². The lowest BCUT2D eigenvalue weighted by Gasteiger charge is -2.14. The van der Waals surface area contributed by atoms with E-state index in [1.807, 2.05) is 6.07 Å². The van der Waals surface area contributed by atoms with Crippen molar-refractivity contribution in [1.82, 2.24) is 15.6 Å². The van der Waals surface area contributed by atoms with Crippen molar-refractivity contribution in [3.63, 3.8) is 0 Å². The predicted octanol–water partition coefficient (Wildman–Crippen LogP) is 4.03. The number of methoxy groups -OCH3 is 2. The molecule has 0 aliphatic rings. The molecule has 2 aromatic carbocycles. The lowest BCUT2D eigenvalue weighted by molar-refractivity contribution is 0.342.